The summed E-state index contributed by atoms with van der Waals surface area (Å²) in [6.07, 6.45) is 0. The maximum atomic E-state index is 12.3. The van der Waals surface area contributed by atoms with Gasteiger partial charge in [0.05, 0.1) is 6.04 Å². The third-order valence-corrected chi connectivity index (χ3v) is 6.04. The standard InChI is InChI=1S/C11H11BrN2O5S2/c1-5-4-20-10(13-5)6(2)14-21(17,18)8-3-7(11(15)16)19-9(8)12/h3-4,6,14H,1-2H3,(H,15,16). The lowest BCUT2D eigenvalue weighted by Gasteiger charge is -2.10. The van der Waals surface area contributed by atoms with Crippen LogP contribution in [0.1, 0.15) is 34.2 Å². The van der Waals surface area contributed by atoms with Crippen molar-refractivity contribution in [1.82, 2.24) is 9.71 Å². The summed E-state index contributed by atoms with van der Waals surface area (Å²) in [6.45, 7) is 3.47. The van der Waals surface area contributed by atoms with E-state index in [2.05, 4.69) is 25.6 Å². The second-order valence-electron chi connectivity index (χ2n) is 4.22. The van der Waals surface area contributed by atoms with Crippen LogP contribution in [-0.4, -0.2) is 24.5 Å². The predicted molar refractivity (Wildman–Crippen MR) is 79.0 cm³/mol. The molecule has 0 aliphatic rings. The first-order valence-corrected chi connectivity index (χ1v) is 8.83. The average molecular weight is 395 g/mol. The first kappa shape index (κ1) is 16.1. The van der Waals surface area contributed by atoms with Gasteiger partial charge in [0.15, 0.2) is 4.67 Å². The number of thiazole rings is 1. The quantitative estimate of drug-likeness (QED) is 0.805. The molecule has 7 nitrogen and oxygen atoms in total. The van der Waals surface area contributed by atoms with Crippen LogP contribution in [0.5, 0.6) is 0 Å². The van der Waals surface area contributed by atoms with Gasteiger partial charge in [0, 0.05) is 17.1 Å². The summed E-state index contributed by atoms with van der Waals surface area (Å²) in [6, 6.07) is 0.415. The number of nitrogens with one attached hydrogen (secondary N) is 1. The maximum Gasteiger partial charge on any atom is 0.371 e. The van der Waals surface area contributed by atoms with Crippen molar-refractivity contribution in [2.24, 2.45) is 0 Å². The van der Waals surface area contributed by atoms with Crippen LogP contribution in [0.3, 0.4) is 0 Å². The second kappa shape index (κ2) is 5.87. The highest BCUT2D eigenvalue weighted by Gasteiger charge is 2.27. The molecule has 0 amide bonds. The number of carboxylic acids is 1. The van der Waals surface area contributed by atoms with Crippen LogP contribution < -0.4 is 4.72 Å². The molecule has 10 heteroatoms. The number of aromatic carboxylic acids is 1. The number of sulfonamides is 1. The van der Waals surface area contributed by atoms with Crippen LogP contribution >= 0.6 is 27.3 Å². The van der Waals surface area contributed by atoms with Crippen molar-refractivity contribution in [2.45, 2.75) is 24.8 Å². The zero-order valence-electron chi connectivity index (χ0n) is 11.0. The van der Waals surface area contributed by atoms with E-state index in [1.54, 1.807) is 6.92 Å². The molecule has 0 spiro atoms. The number of furan rings is 1. The molecule has 0 aliphatic carbocycles. The molecule has 2 aromatic rings. The van der Waals surface area contributed by atoms with Gasteiger partial charge in [-0.25, -0.2) is 22.9 Å². The van der Waals surface area contributed by atoms with Crippen LogP contribution in [0, 0.1) is 6.92 Å². The number of carboxylic acid groups (broad SMARTS) is 1. The highest BCUT2D eigenvalue weighted by Crippen LogP contribution is 2.28. The van der Waals surface area contributed by atoms with E-state index in [0.29, 0.717) is 5.01 Å². The van der Waals surface area contributed by atoms with Gasteiger partial charge in [-0.3, -0.25) is 0 Å². The molecule has 0 saturated heterocycles. The molecule has 2 aromatic heterocycles. The monoisotopic (exact) mass is 394 g/mol. The minimum atomic E-state index is -3.93. The van der Waals surface area contributed by atoms with Gasteiger partial charge in [0.1, 0.15) is 9.90 Å². The Morgan fingerprint density at radius 2 is 2.24 bits per heavy atom. The average Bonchev–Trinajstić information content (AvgIpc) is 2.95. The van der Waals surface area contributed by atoms with Crippen molar-refractivity contribution >= 4 is 43.3 Å². The van der Waals surface area contributed by atoms with E-state index in [0.717, 1.165) is 11.8 Å². The summed E-state index contributed by atoms with van der Waals surface area (Å²) in [5.41, 5.74) is 0.804. The van der Waals surface area contributed by atoms with Crippen LogP contribution in [0.4, 0.5) is 0 Å². The Morgan fingerprint density at radius 3 is 2.71 bits per heavy atom. The number of aromatic nitrogens is 1. The Kier molecular flexibility index (Phi) is 4.51. The lowest BCUT2D eigenvalue weighted by molar-refractivity contribution is 0.0661. The van der Waals surface area contributed by atoms with Crippen molar-refractivity contribution in [3.8, 4) is 0 Å². The number of aryl methyl sites for hydroxylation is 1. The highest BCUT2D eigenvalue weighted by molar-refractivity contribution is 9.10. The number of hydrogen-bond acceptors (Lipinski definition) is 6. The van der Waals surface area contributed by atoms with Gasteiger partial charge in [0.2, 0.25) is 15.8 Å². The number of carbonyl (C=O) groups is 1. The van der Waals surface area contributed by atoms with E-state index in [1.807, 2.05) is 12.3 Å². The SMILES string of the molecule is Cc1csc(C(C)NS(=O)(=O)c2cc(C(=O)O)oc2Br)n1. The van der Waals surface area contributed by atoms with Crippen molar-refractivity contribution in [3.63, 3.8) is 0 Å². The lowest BCUT2D eigenvalue weighted by atomic mass is 10.4. The van der Waals surface area contributed by atoms with Crippen molar-refractivity contribution in [1.29, 1.82) is 0 Å². The molecule has 0 fully saturated rings. The van der Waals surface area contributed by atoms with Gasteiger partial charge in [-0.1, -0.05) is 0 Å². The van der Waals surface area contributed by atoms with Crippen molar-refractivity contribution in [3.05, 3.63) is 32.6 Å². The lowest BCUT2D eigenvalue weighted by Crippen LogP contribution is -2.26. The topological polar surface area (TPSA) is 110 Å². The molecule has 0 aromatic carbocycles. The Bertz CT molecular complexity index is 780. The minimum Gasteiger partial charge on any atom is -0.475 e. The maximum absolute atomic E-state index is 12.3. The zero-order chi connectivity index (χ0) is 15.8. The molecule has 21 heavy (non-hydrogen) atoms. The van der Waals surface area contributed by atoms with Gasteiger partial charge in [-0.05, 0) is 29.8 Å². The van der Waals surface area contributed by atoms with E-state index in [4.69, 9.17) is 9.52 Å². The van der Waals surface area contributed by atoms with Crippen molar-refractivity contribution < 1.29 is 22.7 Å². The molecular weight excluding hydrogens is 384 g/mol. The van der Waals surface area contributed by atoms with E-state index in [9.17, 15) is 13.2 Å². The summed E-state index contributed by atoms with van der Waals surface area (Å²) in [4.78, 5) is 14.7. The minimum absolute atomic E-state index is 0.157. The molecular formula is C11H11BrN2O5S2. The summed E-state index contributed by atoms with van der Waals surface area (Å²) >= 11 is 4.25. The smallest absolute Gasteiger partial charge is 0.371 e. The molecule has 1 atom stereocenters. The fourth-order valence-corrected chi connectivity index (χ4v) is 4.58. The molecule has 2 rings (SSSR count). The van der Waals surface area contributed by atoms with E-state index in [-0.39, 0.29) is 9.56 Å². The molecule has 0 bridgehead atoms. The Labute approximate surface area is 133 Å². The third kappa shape index (κ3) is 3.51. The fourth-order valence-electron chi connectivity index (χ4n) is 1.56. The summed E-state index contributed by atoms with van der Waals surface area (Å²) < 4.78 is 31.6. The number of hydrogen-bond donors (Lipinski definition) is 2. The van der Waals surface area contributed by atoms with Gasteiger partial charge < -0.3 is 9.52 Å². The summed E-state index contributed by atoms with van der Waals surface area (Å²) in [5.74, 6) is -1.80. The molecule has 114 valence electrons. The van der Waals surface area contributed by atoms with E-state index >= 15 is 0 Å². The van der Waals surface area contributed by atoms with Gasteiger partial charge >= 0.3 is 5.97 Å². The molecule has 0 radical (unpaired) electrons. The van der Waals surface area contributed by atoms with Gasteiger partial charge in [0.25, 0.3) is 0 Å². The zero-order valence-corrected chi connectivity index (χ0v) is 14.2. The van der Waals surface area contributed by atoms with Crippen LogP contribution in [0.15, 0.2) is 25.4 Å². The van der Waals surface area contributed by atoms with Crippen molar-refractivity contribution in [2.75, 3.05) is 0 Å². The number of halogens is 1. The van der Waals surface area contributed by atoms with Crippen LogP contribution in [-0.2, 0) is 10.0 Å². The molecule has 0 saturated carbocycles. The Hall–Kier alpha value is -1.23. The number of nitrogens with zero attached hydrogens (tertiary/aromatic N) is 1. The molecule has 0 aliphatic heterocycles. The van der Waals surface area contributed by atoms with Crippen LogP contribution in [0.2, 0.25) is 0 Å². The first-order chi connectivity index (χ1) is 9.70. The summed E-state index contributed by atoms with van der Waals surface area (Å²) in [7, 11) is -3.93. The Balaban J connectivity index is 2.28. The number of rotatable bonds is 5. The highest BCUT2D eigenvalue weighted by atomic mass is 79.9. The second-order valence-corrected chi connectivity index (χ2v) is 7.52. The van der Waals surface area contributed by atoms with E-state index < -0.39 is 27.8 Å². The molecule has 2 N–H and O–H groups in total. The fraction of sp³-hybridized carbons (Fsp3) is 0.273. The Morgan fingerprint density at radius 1 is 1.57 bits per heavy atom. The summed E-state index contributed by atoms with van der Waals surface area (Å²) in [5, 5.41) is 11.2. The molecule has 1 unspecified atom stereocenters. The largest absolute Gasteiger partial charge is 0.475 e. The van der Waals surface area contributed by atoms with E-state index in [1.165, 1.54) is 11.3 Å². The first-order valence-electron chi connectivity index (χ1n) is 5.67. The predicted octanol–water partition coefficient (Wildman–Crippen LogP) is 2.54. The normalized spacial score (nSPS) is 13.3. The van der Waals surface area contributed by atoms with Gasteiger partial charge in [-0.2, -0.15) is 0 Å². The third-order valence-electron chi connectivity index (χ3n) is 2.49. The van der Waals surface area contributed by atoms with Crippen LogP contribution in [0.25, 0.3) is 0 Å². The molecule has 2 heterocycles. The van der Waals surface area contributed by atoms with Gasteiger partial charge in [-0.15, -0.1) is 11.3 Å².